The molecule has 7 nitrogen and oxygen atoms in total. The summed E-state index contributed by atoms with van der Waals surface area (Å²) in [5.74, 6) is 1.04. The van der Waals surface area contributed by atoms with Crippen LogP contribution in [0.25, 0.3) is 11.0 Å². The zero-order valence-corrected chi connectivity index (χ0v) is 19.1. The van der Waals surface area contributed by atoms with Crippen LogP contribution in [0.2, 0.25) is 0 Å². The number of benzene rings is 2. The minimum atomic E-state index is -3.72. The predicted octanol–water partition coefficient (Wildman–Crippen LogP) is 3.99. The Balaban J connectivity index is 1.54. The van der Waals surface area contributed by atoms with Gasteiger partial charge in [0.15, 0.2) is 0 Å². The van der Waals surface area contributed by atoms with Gasteiger partial charge in [0, 0.05) is 25.7 Å². The number of aryl methyl sites for hydroxylation is 5. The van der Waals surface area contributed by atoms with Gasteiger partial charge in [-0.3, -0.25) is 9.40 Å². The third-order valence-electron chi connectivity index (χ3n) is 5.58. The van der Waals surface area contributed by atoms with Crippen LogP contribution in [-0.2, 0) is 36.5 Å². The second kappa shape index (κ2) is 8.19. The summed E-state index contributed by atoms with van der Waals surface area (Å²) < 4.78 is 32.4. The Bertz CT molecular complexity index is 1350. The molecule has 0 amide bonds. The van der Waals surface area contributed by atoms with E-state index < -0.39 is 10.0 Å². The summed E-state index contributed by atoms with van der Waals surface area (Å²) in [5.41, 5.74) is 4.84. The fourth-order valence-corrected chi connectivity index (χ4v) is 5.55. The molecule has 2 heterocycles. The van der Waals surface area contributed by atoms with E-state index in [9.17, 15) is 8.42 Å². The first-order valence-corrected chi connectivity index (χ1v) is 11.8. The number of anilines is 1. The molecule has 2 aromatic heterocycles. The normalized spacial score (nSPS) is 11.9. The average molecular weight is 438 g/mol. The number of fused-ring (bicyclic) bond motifs is 1. The highest BCUT2D eigenvalue weighted by molar-refractivity contribution is 7.92. The van der Waals surface area contributed by atoms with Gasteiger partial charge in [0.1, 0.15) is 10.7 Å². The lowest BCUT2D eigenvalue weighted by atomic mass is 10.1. The van der Waals surface area contributed by atoms with E-state index in [2.05, 4.69) is 27.4 Å². The Kier molecular flexibility index (Phi) is 5.58. The quantitative estimate of drug-likeness (QED) is 0.474. The second-order valence-electron chi connectivity index (χ2n) is 7.69. The van der Waals surface area contributed by atoms with E-state index in [0.717, 1.165) is 41.8 Å². The van der Waals surface area contributed by atoms with Crippen LogP contribution in [0.3, 0.4) is 0 Å². The SMILES string of the molecule is CCn1c(CCc2cccc(NS(=O)(=O)c3c(C)nn(C)c3C)c2)nc2ccccc21. The molecule has 0 radical (unpaired) electrons. The summed E-state index contributed by atoms with van der Waals surface area (Å²) in [7, 11) is -1.97. The number of rotatable bonds is 7. The second-order valence-corrected chi connectivity index (χ2v) is 9.31. The van der Waals surface area contributed by atoms with Crippen LogP contribution in [0.5, 0.6) is 0 Å². The van der Waals surface area contributed by atoms with Gasteiger partial charge in [-0.15, -0.1) is 0 Å². The fourth-order valence-electron chi connectivity index (χ4n) is 4.06. The van der Waals surface area contributed by atoms with Crippen LogP contribution in [0.4, 0.5) is 5.69 Å². The van der Waals surface area contributed by atoms with E-state index in [1.54, 1.807) is 31.6 Å². The van der Waals surface area contributed by atoms with Crippen molar-refractivity contribution in [1.82, 2.24) is 19.3 Å². The highest BCUT2D eigenvalue weighted by Crippen LogP contribution is 2.23. The van der Waals surface area contributed by atoms with E-state index >= 15 is 0 Å². The third kappa shape index (κ3) is 4.07. The number of hydrogen-bond acceptors (Lipinski definition) is 4. The van der Waals surface area contributed by atoms with Crippen molar-refractivity contribution >= 4 is 26.7 Å². The number of hydrogen-bond donors (Lipinski definition) is 1. The zero-order chi connectivity index (χ0) is 22.2. The number of para-hydroxylation sites is 2. The number of sulfonamides is 1. The first-order chi connectivity index (χ1) is 14.8. The molecule has 2 aromatic carbocycles. The highest BCUT2D eigenvalue weighted by Gasteiger charge is 2.24. The Morgan fingerprint density at radius 3 is 2.52 bits per heavy atom. The van der Waals surface area contributed by atoms with Crippen molar-refractivity contribution in [1.29, 1.82) is 0 Å². The van der Waals surface area contributed by atoms with Crippen molar-refractivity contribution in [2.45, 2.75) is 45.1 Å². The third-order valence-corrected chi connectivity index (χ3v) is 7.21. The molecule has 162 valence electrons. The summed E-state index contributed by atoms with van der Waals surface area (Å²) in [6.45, 7) is 6.44. The Hall–Kier alpha value is -3.13. The van der Waals surface area contributed by atoms with Gasteiger partial charge in [0.05, 0.1) is 22.4 Å². The van der Waals surface area contributed by atoms with Gasteiger partial charge < -0.3 is 4.57 Å². The van der Waals surface area contributed by atoms with E-state index in [4.69, 9.17) is 4.98 Å². The maximum absolute atomic E-state index is 13.0. The molecule has 8 heteroatoms. The van der Waals surface area contributed by atoms with Crippen LogP contribution in [0, 0.1) is 13.8 Å². The lowest BCUT2D eigenvalue weighted by Crippen LogP contribution is -2.15. The standard InChI is InChI=1S/C23H27N5O2S/c1-5-28-21-12-7-6-11-20(21)24-22(28)14-13-18-9-8-10-19(15-18)26-31(29,30)23-16(2)25-27(4)17(23)3/h6-12,15,26H,5,13-14H2,1-4H3. The molecule has 4 aromatic rings. The Morgan fingerprint density at radius 2 is 1.81 bits per heavy atom. The molecule has 0 saturated heterocycles. The monoisotopic (exact) mass is 437 g/mol. The van der Waals surface area contributed by atoms with Crippen molar-refractivity contribution in [3.8, 4) is 0 Å². The summed E-state index contributed by atoms with van der Waals surface area (Å²) in [6, 6.07) is 15.7. The molecular weight excluding hydrogens is 410 g/mol. The molecule has 0 spiro atoms. The molecule has 31 heavy (non-hydrogen) atoms. The van der Waals surface area contributed by atoms with Gasteiger partial charge in [0.2, 0.25) is 0 Å². The fraction of sp³-hybridized carbons (Fsp3) is 0.304. The van der Waals surface area contributed by atoms with Gasteiger partial charge in [-0.2, -0.15) is 5.10 Å². The summed E-state index contributed by atoms with van der Waals surface area (Å²) in [4.78, 5) is 5.02. The molecule has 0 aliphatic rings. The molecule has 0 saturated carbocycles. The molecule has 0 aliphatic carbocycles. The number of nitrogens with one attached hydrogen (secondary N) is 1. The van der Waals surface area contributed by atoms with Crippen LogP contribution in [0.15, 0.2) is 53.4 Å². The van der Waals surface area contributed by atoms with E-state index in [1.807, 2.05) is 36.4 Å². The number of aromatic nitrogens is 4. The minimum absolute atomic E-state index is 0.233. The van der Waals surface area contributed by atoms with Crippen LogP contribution >= 0.6 is 0 Å². The average Bonchev–Trinajstić information content (AvgIpc) is 3.22. The summed E-state index contributed by atoms with van der Waals surface area (Å²) in [5, 5.41) is 4.22. The van der Waals surface area contributed by atoms with Crippen molar-refractivity contribution in [3.63, 3.8) is 0 Å². The lowest BCUT2D eigenvalue weighted by molar-refractivity contribution is 0.599. The Morgan fingerprint density at radius 1 is 1.03 bits per heavy atom. The maximum Gasteiger partial charge on any atom is 0.265 e. The van der Waals surface area contributed by atoms with Crippen LogP contribution in [-0.4, -0.2) is 27.7 Å². The Labute approximate surface area is 182 Å². The first kappa shape index (κ1) is 21.1. The van der Waals surface area contributed by atoms with E-state index in [1.165, 1.54) is 0 Å². The summed E-state index contributed by atoms with van der Waals surface area (Å²) >= 11 is 0. The number of imidazole rings is 1. The van der Waals surface area contributed by atoms with Gasteiger partial charge >= 0.3 is 0 Å². The van der Waals surface area contributed by atoms with Crippen molar-refractivity contribution in [2.75, 3.05) is 4.72 Å². The highest BCUT2D eigenvalue weighted by atomic mass is 32.2. The van der Waals surface area contributed by atoms with Gasteiger partial charge in [0.25, 0.3) is 10.0 Å². The van der Waals surface area contributed by atoms with Crippen LogP contribution < -0.4 is 4.72 Å². The molecule has 0 aliphatic heterocycles. The smallest absolute Gasteiger partial charge is 0.265 e. The minimum Gasteiger partial charge on any atom is -0.328 e. The van der Waals surface area contributed by atoms with Crippen LogP contribution in [0.1, 0.15) is 29.7 Å². The maximum atomic E-state index is 13.0. The van der Waals surface area contributed by atoms with Gasteiger partial charge in [-0.1, -0.05) is 24.3 Å². The first-order valence-electron chi connectivity index (χ1n) is 10.4. The molecule has 1 N–H and O–H groups in total. The molecule has 0 atom stereocenters. The molecule has 0 unspecified atom stereocenters. The molecular formula is C23H27N5O2S. The van der Waals surface area contributed by atoms with Gasteiger partial charge in [-0.05, 0) is 57.0 Å². The number of nitrogens with zero attached hydrogens (tertiary/aromatic N) is 4. The molecule has 0 fully saturated rings. The lowest BCUT2D eigenvalue weighted by Gasteiger charge is -2.10. The van der Waals surface area contributed by atoms with E-state index in [-0.39, 0.29) is 4.90 Å². The van der Waals surface area contributed by atoms with Crippen molar-refractivity contribution in [2.24, 2.45) is 7.05 Å². The predicted molar refractivity (Wildman–Crippen MR) is 123 cm³/mol. The van der Waals surface area contributed by atoms with Gasteiger partial charge in [-0.25, -0.2) is 13.4 Å². The van der Waals surface area contributed by atoms with Crippen molar-refractivity contribution < 1.29 is 8.42 Å². The van der Waals surface area contributed by atoms with Crippen molar-refractivity contribution in [3.05, 3.63) is 71.3 Å². The molecule has 0 bridgehead atoms. The largest absolute Gasteiger partial charge is 0.328 e. The molecule has 4 rings (SSSR count). The zero-order valence-electron chi connectivity index (χ0n) is 18.3. The summed E-state index contributed by atoms with van der Waals surface area (Å²) in [6.07, 6.45) is 1.55. The van der Waals surface area contributed by atoms with E-state index in [0.29, 0.717) is 17.1 Å². The topological polar surface area (TPSA) is 81.8 Å².